The predicted molar refractivity (Wildman–Crippen MR) is 95.2 cm³/mol. The molecule has 1 saturated heterocycles. The summed E-state index contributed by atoms with van der Waals surface area (Å²) in [5.41, 5.74) is 7.01. The highest BCUT2D eigenvalue weighted by atomic mass is 16.5. The number of nitrogen functional groups attached to an aromatic ring is 1. The number of carbonyl (C=O) groups excluding carboxylic acids is 2. The third-order valence-electron chi connectivity index (χ3n) is 4.52. The molecule has 132 valence electrons. The molecular formula is C19H28N2O3. The Hall–Kier alpha value is -2.04. The molecule has 1 heterocycles. The van der Waals surface area contributed by atoms with Gasteiger partial charge < -0.3 is 15.4 Å². The lowest BCUT2D eigenvalue weighted by Gasteiger charge is -2.30. The fourth-order valence-corrected chi connectivity index (χ4v) is 2.89. The number of likely N-dealkylation sites (tertiary alicyclic amines) is 1. The fraction of sp³-hybridized carbons (Fsp3) is 0.579. The number of nitrogens with two attached hydrogens (primary N) is 1. The molecule has 1 amide bonds. The first-order valence-corrected chi connectivity index (χ1v) is 8.84. The highest BCUT2D eigenvalue weighted by Crippen LogP contribution is 2.24. The molecule has 0 radical (unpaired) electrons. The summed E-state index contributed by atoms with van der Waals surface area (Å²) < 4.78 is 5.63. The molecule has 1 aromatic carbocycles. The number of carbonyl (C=O) groups is 2. The number of Topliss-reactive ketones (excluding diaryl/α,β-unsaturated/α-hetero) is 1. The normalized spacial score (nSPS) is 15.3. The van der Waals surface area contributed by atoms with Gasteiger partial charge in [-0.15, -0.1) is 0 Å². The van der Waals surface area contributed by atoms with Gasteiger partial charge >= 0.3 is 0 Å². The fourth-order valence-electron chi connectivity index (χ4n) is 2.89. The van der Waals surface area contributed by atoms with Crippen LogP contribution in [0.15, 0.2) is 18.2 Å². The third-order valence-corrected chi connectivity index (χ3v) is 4.52. The number of piperidine rings is 1. The summed E-state index contributed by atoms with van der Waals surface area (Å²) >= 11 is 0. The lowest BCUT2D eigenvalue weighted by molar-refractivity contribution is -0.133. The van der Waals surface area contributed by atoms with Gasteiger partial charge in [-0.3, -0.25) is 9.59 Å². The van der Waals surface area contributed by atoms with E-state index in [1.807, 2.05) is 11.8 Å². The maximum Gasteiger partial charge on any atom is 0.225 e. The zero-order valence-corrected chi connectivity index (χ0v) is 14.7. The number of ketones is 1. The number of anilines is 1. The van der Waals surface area contributed by atoms with E-state index < -0.39 is 0 Å². The van der Waals surface area contributed by atoms with Crippen molar-refractivity contribution in [3.8, 4) is 5.75 Å². The highest BCUT2D eigenvalue weighted by Gasteiger charge is 2.20. The Labute approximate surface area is 144 Å². The summed E-state index contributed by atoms with van der Waals surface area (Å²) in [6.07, 6.45) is 3.83. The van der Waals surface area contributed by atoms with Crippen LogP contribution in [0.3, 0.4) is 0 Å². The average molecular weight is 332 g/mol. The van der Waals surface area contributed by atoms with Gasteiger partial charge in [-0.2, -0.15) is 0 Å². The van der Waals surface area contributed by atoms with E-state index in [4.69, 9.17) is 10.5 Å². The molecule has 0 bridgehead atoms. The first kappa shape index (κ1) is 18.3. The van der Waals surface area contributed by atoms with Crippen molar-refractivity contribution in [2.75, 3.05) is 25.4 Å². The quantitative estimate of drug-likeness (QED) is 0.614. The zero-order chi connectivity index (χ0) is 17.5. The van der Waals surface area contributed by atoms with E-state index >= 15 is 0 Å². The van der Waals surface area contributed by atoms with Crippen LogP contribution in [0.25, 0.3) is 0 Å². The molecule has 0 saturated carbocycles. The van der Waals surface area contributed by atoms with Crippen molar-refractivity contribution in [1.29, 1.82) is 0 Å². The van der Waals surface area contributed by atoms with Gasteiger partial charge in [0, 0.05) is 25.1 Å². The molecule has 0 aromatic heterocycles. The number of amides is 1. The second-order valence-corrected chi connectivity index (χ2v) is 6.59. The molecule has 2 N–H and O–H groups in total. The van der Waals surface area contributed by atoms with Gasteiger partial charge in [-0.25, -0.2) is 0 Å². The molecule has 24 heavy (non-hydrogen) atoms. The number of nitrogens with zero attached hydrogens (tertiary/aromatic N) is 1. The molecular weight excluding hydrogens is 304 g/mol. The minimum absolute atomic E-state index is 0.0882. The molecule has 0 atom stereocenters. The second kappa shape index (κ2) is 8.71. The van der Waals surface area contributed by atoms with Crippen molar-refractivity contribution in [3.63, 3.8) is 0 Å². The van der Waals surface area contributed by atoms with Gasteiger partial charge in [0.15, 0.2) is 5.78 Å². The minimum atomic E-state index is 0.0882. The molecule has 0 spiro atoms. The van der Waals surface area contributed by atoms with Gasteiger partial charge in [-0.05, 0) is 43.4 Å². The second-order valence-electron chi connectivity index (χ2n) is 6.59. The topological polar surface area (TPSA) is 72.6 Å². The number of ether oxygens (including phenoxy) is 1. The molecule has 1 aliphatic rings. The summed E-state index contributed by atoms with van der Waals surface area (Å²) in [5.74, 6) is 1.46. The van der Waals surface area contributed by atoms with Crippen LogP contribution < -0.4 is 10.5 Å². The minimum Gasteiger partial charge on any atom is -0.491 e. The summed E-state index contributed by atoms with van der Waals surface area (Å²) in [5, 5.41) is 0. The maximum absolute atomic E-state index is 12.2. The molecule has 5 nitrogen and oxygen atoms in total. The van der Waals surface area contributed by atoms with E-state index in [-0.39, 0.29) is 11.7 Å². The molecule has 0 unspecified atom stereocenters. The van der Waals surface area contributed by atoms with Crippen LogP contribution in [0.2, 0.25) is 0 Å². The van der Waals surface area contributed by atoms with E-state index in [1.165, 1.54) is 0 Å². The van der Waals surface area contributed by atoms with Crippen LogP contribution in [-0.4, -0.2) is 36.3 Å². The van der Waals surface area contributed by atoms with Crippen molar-refractivity contribution in [2.45, 2.75) is 46.0 Å². The lowest BCUT2D eigenvalue weighted by atomic mass is 9.99. The maximum atomic E-state index is 12.2. The number of benzene rings is 1. The largest absolute Gasteiger partial charge is 0.491 e. The summed E-state index contributed by atoms with van der Waals surface area (Å²) in [6.45, 7) is 6.19. The Morgan fingerprint density at radius 1 is 1.25 bits per heavy atom. The van der Waals surface area contributed by atoms with E-state index in [9.17, 15) is 9.59 Å². The van der Waals surface area contributed by atoms with Crippen molar-refractivity contribution >= 4 is 17.4 Å². The Balaban J connectivity index is 1.81. The molecule has 1 aliphatic heterocycles. The summed E-state index contributed by atoms with van der Waals surface area (Å²) in [7, 11) is 0. The van der Waals surface area contributed by atoms with Gasteiger partial charge in [0.05, 0.1) is 18.7 Å². The van der Waals surface area contributed by atoms with E-state index in [1.54, 1.807) is 18.2 Å². The first-order chi connectivity index (χ1) is 11.5. The molecule has 1 aromatic rings. The molecule has 1 fully saturated rings. The molecule has 0 aliphatic carbocycles. The Bertz CT molecular complexity index is 578. The van der Waals surface area contributed by atoms with Crippen LogP contribution >= 0.6 is 0 Å². The Kier molecular flexibility index (Phi) is 6.64. The Morgan fingerprint density at radius 2 is 1.96 bits per heavy atom. The van der Waals surface area contributed by atoms with Crippen molar-refractivity contribution < 1.29 is 14.3 Å². The van der Waals surface area contributed by atoms with Crippen molar-refractivity contribution in [2.24, 2.45) is 5.92 Å². The monoisotopic (exact) mass is 332 g/mol. The van der Waals surface area contributed by atoms with Gasteiger partial charge in [0.2, 0.25) is 5.91 Å². The SMILES string of the molecule is CCCC(=O)c1ccc(OCCC(=O)N2CCC(C)CC2)c(N)c1. The Morgan fingerprint density at radius 3 is 2.58 bits per heavy atom. The van der Waals surface area contributed by atoms with Crippen LogP contribution in [0.5, 0.6) is 5.75 Å². The van der Waals surface area contributed by atoms with Crippen molar-refractivity contribution in [3.05, 3.63) is 23.8 Å². The number of hydrogen-bond acceptors (Lipinski definition) is 4. The number of hydrogen-bond donors (Lipinski definition) is 1. The smallest absolute Gasteiger partial charge is 0.225 e. The zero-order valence-electron chi connectivity index (χ0n) is 14.7. The van der Waals surface area contributed by atoms with E-state index in [0.29, 0.717) is 42.4 Å². The van der Waals surface area contributed by atoms with Crippen LogP contribution in [0.1, 0.15) is 56.3 Å². The molecule has 2 rings (SSSR count). The van der Waals surface area contributed by atoms with Gasteiger partial charge in [-0.1, -0.05) is 13.8 Å². The van der Waals surface area contributed by atoms with Gasteiger partial charge in [0.25, 0.3) is 0 Å². The third kappa shape index (κ3) is 4.98. The summed E-state index contributed by atoms with van der Waals surface area (Å²) in [6, 6.07) is 5.10. The van der Waals surface area contributed by atoms with Crippen LogP contribution in [-0.2, 0) is 4.79 Å². The van der Waals surface area contributed by atoms with Crippen LogP contribution in [0.4, 0.5) is 5.69 Å². The number of rotatable bonds is 7. The van der Waals surface area contributed by atoms with Crippen molar-refractivity contribution in [1.82, 2.24) is 4.90 Å². The van der Waals surface area contributed by atoms with Gasteiger partial charge in [0.1, 0.15) is 5.75 Å². The summed E-state index contributed by atoms with van der Waals surface area (Å²) in [4.78, 5) is 25.9. The standard InChI is InChI=1S/C19H28N2O3/c1-3-4-17(22)15-5-6-18(16(20)13-15)24-12-9-19(23)21-10-7-14(2)8-11-21/h5-6,13-14H,3-4,7-12,20H2,1-2H3. The van der Waals surface area contributed by atoms with E-state index in [2.05, 4.69) is 6.92 Å². The lowest BCUT2D eigenvalue weighted by Crippen LogP contribution is -2.38. The van der Waals surface area contributed by atoms with E-state index in [0.717, 1.165) is 32.4 Å². The average Bonchev–Trinajstić information content (AvgIpc) is 2.57. The first-order valence-electron chi connectivity index (χ1n) is 8.84. The molecule has 5 heteroatoms. The van der Waals surface area contributed by atoms with Crippen LogP contribution in [0, 0.1) is 5.92 Å². The highest BCUT2D eigenvalue weighted by molar-refractivity contribution is 5.97. The predicted octanol–water partition coefficient (Wildman–Crippen LogP) is 3.28.